The van der Waals surface area contributed by atoms with Crippen LogP contribution >= 0.6 is 0 Å². The van der Waals surface area contributed by atoms with Gasteiger partial charge in [-0.25, -0.2) is 0 Å². The van der Waals surface area contributed by atoms with Crippen LogP contribution in [0.5, 0.6) is 0 Å². The molecule has 0 N–H and O–H groups in total. The monoisotopic (exact) mass is 253 g/mol. The van der Waals surface area contributed by atoms with Crippen molar-refractivity contribution in [1.29, 1.82) is 0 Å². The van der Waals surface area contributed by atoms with Crippen molar-refractivity contribution in [3.63, 3.8) is 0 Å². The number of rotatable bonds is 3. The first-order valence-electron chi connectivity index (χ1n) is 6.24. The number of benzene rings is 1. The molecule has 1 aromatic carbocycles. The first kappa shape index (κ1) is 11.7. The van der Waals surface area contributed by atoms with Gasteiger partial charge in [0.05, 0.1) is 0 Å². The first-order chi connectivity index (χ1) is 9.22. The molecule has 0 saturated heterocycles. The first-order valence-corrected chi connectivity index (χ1v) is 6.24. The van der Waals surface area contributed by atoms with Crippen molar-refractivity contribution in [3.05, 3.63) is 59.5 Å². The average Bonchev–Trinajstić information content (AvgIpc) is 3.01. The maximum atomic E-state index is 5.22. The highest BCUT2D eigenvalue weighted by molar-refractivity contribution is 5.48. The van der Waals surface area contributed by atoms with Gasteiger partial charge in [-0.3, -0.25) is 0 Å². The number of nitrogens with zero attached hydrogens (tertiary/aromatic N) is 3. The van der Waals surface area contributed by atoms with Crippen LogP contribution in [0.1, 0.15) is 17.0 Å². The maximum absolute atomic E-state index is 5.22. The number of hydrogen-bond donors (Lipinski definition) is 0. The molecule has 0 unspecified atom stereocenters. The van der Waals surface area contributed by atoms with Gasteiger partial charge in [-0.15, -0.1) is 0 Å². The summed E-state index contributed by atoms with van der Waals surface area (Å²) in [5, 5.41) is 3.83. The quantitative estimate of drug-likeness (QED) is 0.720. The van der Waals surface area contributed by atoms with Crippen LogP contribution in [0.25, 0.3) is 11.6 Å². The van der Waals surface area contributed by atoms with Crippen molar-refractivity contribution in [1.82, 2.24) is 14.7 Å². The Morgan fingerprint density at radius 2 is 1.89 bits per heavy atom. The molecule has 0 atom stereocenters. The number of aromatic nitrogens is 3. The van der Waals surface area contributed by atoms with Gasteiger partial charge < -0.3 is 9.09 Å². The second kappa shape index (κ2) is 4.72. The van der Waals surface area contributed by atoms with E-state index in [0.717, 1.165) is 12.2 Å². The van der Waals surface area contributed by atoms with Crippen molar-refractivity contribution < 1.29 is 4.52 Å². The fourth-order valence-electron chi connectivity index (χ4n) is 2.04. The topological polar surface area (TPSA) is 43.9 Å². The van der Waals surface area contributed by atoms with E-state index >= 15 is 0 Å². The minimum atomic E-state index is 0.564. The van der Waals surface area contributed by atoms with Gasteiger partial charge in [-0.05, 0) is 31.5 Å². The second-order valence-electron chi connectivity index (χ2n) is 4.65. The molecule has 0 aliphatic rings. The molecule has 4 heteroatoms. The van der Waals surface area contributed by atoms with E-state index in [1.165, 1.54) is 11.1 Å². The minimum Gasteiger partial charge on any atom is -0.339 e. The van der Waals surface area contributed by atoms with Gasteiger partial charge in [0.2, 0.25) is 0 Å². The molecule has 0 spiro atoms. The standard InChI is InChI=1S/C15H15N3O/c1-11-5-7-13(8-6-11)10-18-9-3-4-14(18)15-16-12(2)17-19-15/h3-9H,10H2,1-2H3. The second-order valence-corrected chi connectivity index (χ2v) is 4.65. The molecule has 2 aromatic heterocycles. The molecule has 4 nitrogen and oxygen atoms in total. The number of hydrogen-bond acceptors (Lipinski definition) is 3. The molecular weight excluding hydrogens is 238 g/mol. The molecule has 0 saturated carbocycles. The van der Waals surface area contributed by atoms with Crippen LogP contribution in [-0.4, -0.2) is 14.7 Å². The fourth-order valence-corrected chi connectivity index (χ4v) is 2.04. The summed E-state index contributed by atoms with van der Waals surface area (Å²) >= 11 is 0. The summed E-state index contributed by atoms with van der Waals surface area (Å²) in [4.78, 5) is 4.27. The van der Waals surface area contributed by atoms with Gasteiger partial charge in [0.1, 0.15) is 5.69 Å². The Hall–Kier alpha value is -2.36. The zero-order valence-corrected chi connectivity index (χ0v) is 11.0. The third kappa shape index (κ3) is 2.42. The highest BCUT2D eigenvalue weighted by Crippen LogP contribution is 2.19. The molecule has 96 valence electrons. The fraction of sp³-hybridized carbons (Fsp3) is 0.200. The third-order valence-corrected chi connectivity index (χ3v) is 3.05. The van der Waals surface area contributed by atoms with E-state index in [2.05, 4.69) is 45.9 Å². The zero-order chi connectivity index (χ0) is 13.2. The van der Waals surface area contributed by atoms with E-state index in [4.69, 9.17) is 4.52 Å². The largest absolute Gasteiger partial charge is 0.339 e. The summed E-state index contributed by atoms with van der Waals surface area (Å²) < 4.78 is 7.33. The third-order valence-electron chi connectivity index (χ3n) is 3.05. The summed E-state index contributed by atoms with van der Waals surface area (Å²) in [5.74, 6) is 1.22. The normalized spacial score (nSPS) is 10.8. The van der Waals surface area contributed by atoms with Gasteiger partial charge >= 0.3 is 0 Å². The minimum absolute atomic E-state index is 0.564. The lowest BCUT2D eigenvalue weighted by Gasteiger charge is -2.07. The Kier molecular flexibility index (Phi) is 2.91. The van der Waals surface area contributed by atoms with E-state index in [1.807, 2.05) is 25.3 Å². The zero-order valence-electron chi connectivity index (χ0n) is 11.0. The summed E-state index contributed by atoms with van der Waals surface area (Å²) in [6.07, 6.45) is 2.02. The molecule has 0 radical (unpaired) electrons. The lowest BCUT2D eigenvalue weighted by atomic mass is 10.1. The summed E-state index contributed by atoms with van der Waals surface area (Å²) in [6, 6.07) is 12.5. The van der Waals surface area contributed by atoms with Crippen molar-refractivity contribution in [2.24, 2.45) is 0 Å². The van der Waals surface area contributed by atoms with E-state index in [0.29, 0.717) is 11.7 Å². The van der Waals surface area contributed by atoms with Crippen molar-refractivity contribution in [3.8, 4) is 11.6 Å². The highest BCUT2D eigenvalue weighted by atomic mass is 16.5. The predicted octanol–water partition coefficient (Wildman–Crippen LogP) is 3.20. The molecule has 2 heterocycles. The molecule has 0 amide bonds. The van der Waals surface area contributed by atoms with Gasteiger partial charge in [-0.1, -0.05) is 35.0 Å². The molecule has 0 bridgehead atoms. The van der Waals surface area contributed by atoms with Crippen LogP contribution in [0.2, 0.25) is 0 Å². The average molecular weight is 253 g/mol. The Morgan fingerprint density at radius 1 is 1.11 bits per heavy atom. The molecule has 0 aliphatic heterocycles. The van der Waals surface area contributed by atoms with Gasteiger partial charge in [0.15, 0.2) is 5.82 Å². The molecule has 3 rings (SSSR count). The van der Waals surface area contributed by atoms with Crippen LogP contribution in [0.15, 0.2) is 47.1 Å². The SMILES string of the molecule is Cc1ccc(Cn2cccc2-c2nc(C)no2)cc1. The van der Waals surface area contributed by atoms with E-state index in [1.54, 1.807) is 0 Å². The smallest absolute Gasteiger partial charge is 0.274 e. The number of aryl methyl sites for hydroxylation is 2. The lowest BCUT2D eigenvalue weighted by molar-refractivity contribution is 0.422. The molecule has 0 fully saturated rings. The summed E-state index contributed by atoms with van der Waals surface area (Å²) in [6.45, 7) is 4.70. The van der Waals surface area contributed by atoms with E-state index in [9.17, 15) is 0 Å². The van der Waals surface area contributed by atoms with Crippen molar-refractivity contribution in [2.75, 3.05) is 0 Å². The molecule has 3 aromatic rings. The Morgan fingerprint density at radius 3 is 2.58 bits per heavy atom. The van der Waals surface area contributed by atoms with Gasteiger partial charge in [-0.2, -0.15) is 4.98 Å². The van der Waals surface area contributed by atoms with Crippen LogP contribution in [0, 0.1) is 13.8 Å². The summed E-state index contributed by atoms with van der Waals surface area (Å²) in [7, 11) is 0. The summed E-state index contributed by atoms with van der Waals surface area (Å²) in [5.41, 5.74) is 3.46. The van der Waals surface area contributed by atoms with Crippen molar-refractivity contribution >= 4 is 0 Å². The predicted molar refractivity (Wildman–Crippen MR) is 72.7 cm³/mol. The van der Waals surface area contributed by atoms with Crippen LogP contribution in [0.3, 0.4) is 0 Å². The molecule has 19 heavy (non-hydrogen) atoms. The Balaban J connectivity index is 1.90. The Labute approximate surface area is 111 Å². The van der Waals surface area contributed by atoms with E-state index in [-0.39, 0.29) is 0 Å². The highest BCUT2D eigenvalue weighted by Gasteiger charge is 2.11. The van der Waals surface area contributed by atoms with Gasteiger partial charge in [0.25, 0.3) is 5.89 Å². The molecular formula is C15H15N3O. The van der Waals surface area contributed by atoms with Crippen molar-refractivity contribution in [2.45, 2.75) is 20.4 Å². The molecule has 0 aliphatic carbocycles. The van der Waals surface area contributed by atoms with E-state index < -0.39 is 0 Å². The maximum Gasteiger partial charge on any atom is 0.274 e. The van der Waals surface area contributed by atoms with Crippen LogP contribution in [-0.2, 0) is 6.54 Å². The Bertz CT molecular complexity index is 679. The van der Waals surface area contributed by atoms with Crippen LogP contribution < -0.4 is 0 Å². The lowest BCUT2D eigenvalue weighted by Crippen LogP contribution is -2.00. The van der Waals surface area contributed by atoms with Gasteiger partial charge in [0, 0.05) is 12.7 Å². The van der Waals surface area contributed by atoms with Crippen LogP contribution in [0.4, 0.5) is 0 Å².